The fourth-order valence-corrected chi connectivity index (χ4v) is 10.9. The fourth-order valence-electron chi connectivity index (χ4n) is 1.33. The first-order chi connectivity index (χ1) is 6.01. The van der Waals surface area contributed by atoms with E-state index in [2.05, 4.69) is 5.78 Å². The van der Waals surface area contributed by atoms with E-state index >= 15 is 0 Å². The number of hydrogen-bond donors (Lipinski definition) is 0. The third-order valence-electron chi connectivity index (χ3n) is 1.80. The van der Waals surface area contributed by atoms with Crippen LogP contribution in [0.3, 0.4) is 0 Å². The average Bonchev–Trinajstić information content (AvgIpc) is 2.03. The van der Waals surface area contributed by atoms with Crippen molar-refractivity contribution in [1.29, 1.82) is 0 Å². The van der Waals surface area contributed by atoms with Crippen LogP contribution in [-0.2, 0) is 27.1 Å². The van der Waals surface area contributed by atoms with Gasteiger partial charge in [-0.25, -0.2) is 0 Å². The summed E-state index contributed by atoms with van der Waals surface area (Å²) in [6, 6.07) is 0. The number of hydrogen-bond acceptors (Lipinski definition) is 4. The Morgan fingerprint density at radius 1 is 0.846 bits per heavy atom. The monoisotopic (exact) mass is 358 g/mol. The predicted molar refractivity (Wildman–Crippen MR) is 50.6 cm³/mol. The van der Waals surface area contributed by atoms with Crippen LogP contribution in [0.5, 0.6) is 0 Å². The molecule has 0 radical (unpaired) electrons. The molecule has 4 nitrogen and oxygen atoms in total. The van der Waals surface area contributed by atoms with Gasteiger partial charge in [0, 0.05) is 0 Å². The summed E-state index contributed by atoms with van der Waals surface area (Å²) in [4.78, 5) is 0. The molecule has 0 rings (SSSR count). The molecule has 0 fully saturated rings. The molecule has 0 aliphatic rings. The van der Waals surface area contributed by atoms with Gasteiger partial charge in [-0.2, -0.15) is 0 Å². The van der Waals surface area contributed by atoms with Crippen LogP contribution in [0.4, 0.5) is 0 Å². The second-order valence-electron chi connectivity index (χ2n) is 3.20. The van der Waals surface area contributed by atoms with Crippen LogP contribution in [0.15, 0.2) is 0 Å². The summed E-state index contributed by atoms with van der Waals surface area (Å²) < 4.78 is 16.0. The molecule has 80 valence electrons. The van der Waals surface area contributed by atoms with Gasteiger partial charge in [0.2, 0.25) is 0 Å². The van der Waals surface area contributed by atoms with Crippen molar-refractivity contribution in [2.24, 2.45) is 0 Å². The van der Waals surface area contributed by atoms with Crippen LogP contribution >= 0.6 is 0 Å². The number of nitrogens with zero attached hydrogens (tertiary/aromatic N) is 2. The predicted octanol–water partition coefficient (Wildman–Crippen LogP) is 0.996. The normalized spacial score (nSPS) is 12.9. The van der Waals surface area contributed by atoms with Gasteiger partial charge < -0.3 is 0 Å². The summed E-state index contributed by atoms with van der Waals surface area (Å²) in [5.74, 6) is 0. The molecule has 0 bridgehead atoms. The Kier molecular flexibility index (Phi) is 6.58. The van der Waals surface area contributed by atoms with Crippen molar-refractivity contribution >= 4 is 0 Å². The van der Waals surface area contributed by atoms with Gasteiger partial charge in [0.25, 0.3) is 0 Å². The Labute approximate surface area is 88.1 Å². The minimum absolute atomic E-state index is 0.720. The summed E-state index contributed by atoms with van der Waals surface area (Å²) in [5, 5.41) is 0. The zero-order valence-corrected chi connectivity index (χ0v) is 13.2. The summed E-state index contributed by atoms with van der Waals surface area (Å²) >= 11 is -3.21. The minimum atomic E-state index is -3.21. The van der Waals surface area contributed by atoms with Crippen LogP contribution in [0, 0.1) is 0 Å². The zero-order valence-electron chi connectivity index (χ0n) is 9.63. The van der Waals surface area contributed by atoms with Crippen LogP contribution in [-0.4, -0.2) is 47.2 Å². The van der Waals surface area contributed by atoms with Gasteiger partial charge in [0.1, 0.15) is 0 Å². The van der Waals surface area contributed by atoms with Gasteiger partial charge in [-0.3, -0.25) is 0 Å². The van der Waals surface area contributed by atoms with E-state index in [-0.39, 0.29) is 0 Å². The molecular weight excluding hydrogens is 335 g/mol. The molecule has 0 heterocycles. The van der Waals surface area contributed by atoms with Crippen LogP contribution in [0.1, 0.15) is 13.8 Å². The maximum absolute atomic E-state index is 5.84. The van der Waals surface area contributed by atoms with E-state index in [1.165, 1.54) is 0 Å². The molecule has 0 saturated carbocycles. The van der Waals surface area contributed by atoms with Gasteiger partial charge in [0.15, 0.2) is 0 Å². The second-order valence-corrected chi connectivity index (χ2v) is 15.6. The molecule has 0 atom stereocenters. The summed E-state index contributed by atoms with van der Waals surface area (Å²) in [6.45, 7) is 5.47. The Bertz CT molecular complexity index is 126. The van der Waals surface area contributed by atoms with E-state index in [0.717, 1.165) is 13.2 Å². The molecule has 0 unspecified atom stereocenters. The Balaban J connectivity index is 4.59. The quantitative estimate of drug-likeness (QED) is 0.663. The summed E-state index contributed by atoms with van der Waals surface area (Å²) in [6.07, 6.45) is 0. The first-order valence-corrected chi connectivity index (χ1v) is 10.8. The van der Waals surface area contributed by atoms with E-state index in [4.69, 9.17) is 5.71 Å². The Hall–Kier alpha value is 0.710. The van der Waals surface area contributed by atoms with E-state index in [9.17, 15) is 0 Å². The molecule has 5 heteroatoms. The van der Waals surface area contributed by atoms with E-state index < -0.39 is 21.4 Å². The van der Waals surface area contributed by atoms with Crippen molar-refractivity contribution in [1.82, 2.24) is 5.78 Å². The molecule has 13 heavy (non-hydrogen) atoms. The molecular formula is C8H22HfN2O2. The first-order valence-electron chi connectivity index (χ1n) is 4.64. The molecule has 0 amide bonds. The standard InChI is InChI=1S/2C2H6N.2C2H5O.Hf/c2*1-3-2;2*1-2-3;/h2*1-2H3;2*2H2,1H3;/q4*-1;+4. The van der Waals surface area contributed by atoms with Crippen molar-refractivity contribution < 1.29 is 27.1 Å². The summed E-state index contributed by atoms with van der Waals surface area (Å²) in [7, 11) is 8.14. The third kappa shape index (κ3) is 3.40. The van der Waals surface area contributed by atoms with Crippen molar-refractivity contribution in [2.45, 2.75) is 13.8 Å². The van der Waals surface area contributed by atoms with Gasteiger partial charge in [-0.15, -0.1) is 0 Å². The molecule has 0 aromatic heterocycles. The zero-order chi connectivity index (χ0) is 10.5. The topological polar surface area (TPSA) is 24.9 Å². The van der Waals surface area contributed by atoms with Gasteiger partial charge >= 0.3 is 88.2 Å². The molecule has 0 spiro atoms. The van der Waals surface area contributed by atoms with Crippen molar-refractivity contribution in [3.8, 4) is 0 Å². The summed E-state index contributed by atoms with van der Waals surface area (Å²) in [5.41, 5.74) is 0. The average molecular weight is 357 g/mol. The van der Waals surface area contributed by atoms with E-state index in [0.29, 0.717) is 0 Å². The molecule has 0 aliphatic heterocycles. The SMILES string of the molecule is CC[O][Hf]([O]CC)([N](C)C)[N](C)C. The van der Waals surface area contributed by atoms with Crippen LogP contribution in [0.25, 0.3) is 0 Å². The van der Waals surface area contributed by atoms with Gasteiger partial charge in [-0.05, 0) is 0 Å². The van der Waals surface area contributed by atoms with Crippen molar-refractivity contribution in [3.63, 3.8) is 0 Å². The van der Waals surface area contributed by atoms with E-state index in [1.54, 1.807) is 0 Å². The van der Waals surface area contributed by atoms with Gasteiger partial charge in [-0.1, -0.05) is 0 Å². The molecule has 0 aliphatic carbocycles. The number of rotatable bonds is 6. The van der Waals surface area contributed by atoms with E-state index in [1.807, 2.05) is 42.0 Å². The third-order valence-corrected chi connectivity index (χ3v) is 14.7. The molecule has 0 aromatic carbocycles. The van der Waals surface area contributed by atoms with Crippen LogP contribution in [0.2, 0.25) is 0 Å². The Morgan fingerprint density at radius 3 is 1.31 bits per heavy atom. The molecule has 0 N–H and O–H groups in total. The molecule has 0 saturated heterocycles. The maximum atomic E-state index is 5.84. The Morgan fingerprint density at radius 2 is 1.15 bits per heavy atom. The van der Waals surface area contributed by atoms with Crippen molar-refractivity contribution in [3.05, 3.63) is 0 Å². The molecule has 0 aromatic rings. The second kappa shape index (κ2) is 6.24. The van der Waals surface area contributed by atoms with Gasteiger partial charge in [0.05, 0.1) is 0 Å². The first kappa shape index (κ1) is 13.7. The van der Waals surface area contributed by atoms with Crippen molar-refractivity contribution in [2.75, 3.05) is 41.4 Å². The van der Waals surface area contributed by atoms with Crippen LogP contribution < -0.4 is 0 Å². The fraction of sp³-hybridized carbons (Fsp3) is 1.00.